The third-order valence-electron chi connectivity index (χ3n) is 3.58. The van der Waals surface area contributed by atoms with Gasteiger partial charge in [-0.3, -0.25) is 4.79 Å². The number of amides is 1. The molecule has 0 aromatic heterocycles. The van der Waals surface area contributed by atoms with Crippen LogP contribution in [0.25, 0.3) is 0 Å². The SMILES string of the molecule is NC[C@H]1CCCCN1C(=O)Cc1ccc(F)cc1F. The van der Waals surface area contributed by atoms with E-state index in [1.165, 1.54) is 12.1 Å². The molecule has 0 unspecified atom stereocenters. The van der Waals surface area contributed by atoms with E-state index in [1.807, 2.05) is 0 Å². The Kier molecular flexibility index (Phi) is 4.47. The van der Waals surface area contributed by atoms with Crippen LogP contribution in [0, 0.1) is 11.6 Å². The Morgan fingerprint density at radius 3 is 2.84 bits per heavy atom. The first-order valence-electron chi connectivity index (χ1n) is 6.55. The molecular weight excluding hydrogens is 250 g/mol. The van der Waals surface area contributed by atoms with E-state index in [2.05, 4.69) is 0 Å². The van der Waals surface area contributed by atoms with E-state index < -0.39 is 11.6 Å². The maximum Gasteiger partial charge on any atom is 0.227 e. The van der Waals surface area contributed by atoms with Crippen molar-refractivity contribution in [2.75, 3.05) is 13.1 Å². The van der Waals surface area contributed by atoms with Crippen LogP contribution in [-0.4, -0.2) is 29.9 Å². The second kappa shape index (κ2) is 6.10. The lowest BCUT2D eigenvalue weighted by molar-refractivity contribution is -0.133. The molecule has 2 rings (SSSR count). The first-order chi connectivity index (χ1) is 9.11. The van der Waals surface area contributed by atoms with Crippen molar-refractivity contribution in [1.29, 1.82) is 0 Å². The molecule has 19 heavy (non-hydrogen) atoms. The van der Waals surface area contributed by atoms with Gasteiger partial charge in [-0.2, -0.15) is 0 Å². The second-order valence-corrected chi connectivity index (χ2v) is 4.88. The molecular formula is C14H18F2N2O. The highest BCUT2D eigenvalue weighted by Crippen LogP contribution is 2.18. The molecule has 1 aromatic carbocycles. The summed E-state index contributed by atoms with van der Waals surface area (Å²) in [6, 6.07) is 3.34. The van der Waals surface area contributed by atoms with Crippen LogP contribution in [0.2, 0.25) is 0 Å². The predicted octanol–water partition coefficient (Wildman–Crippen LogP) is 1.85. The van der Waals surface area contributed by atoms with Crippen LogP contribution in [0.5, 0.6) is 0 Å². The number of piperidine rings is 1. The Morgan fingerprint density at radius 2 is 2.16 bits per heavy atom. The molecule has 5 heteroatoms. The first kappa shape index (κ1) is 13.9. The molecule has 1 aliphatic heterocycles. The zero-order chi connectivity index (χ0) is 13.8. The maximum atomic E-state index is 13.5. The molecule has 1 saturated heterocycles. The van der Waals surface area contributed by atoms with Gasteiger partial charge in [-0.05, 0) is 30.9 Å². The largest absolute Gasteiger partial charge is 0.338 e. The third-order valence-corrected chi connectivity index (χ3v) is 3.58. The molecule has 3 nitrogen and oxygen atoms in total. The van der Waals surface area contributed by atoms with Crippen molar-refractivity contribution in [1.82, 2.24) is 4.90 Å². The van der Waals surface area contributed by atoms with Crippen LogP contribution >= 0.6 is 0 Å². The van der Waals surface area contributed by atoms with Gasteiger partial charge in [-0.25, -0.2) is 8.78 Å². The van der Waals surface area contributed by atoms with E-state index >= 15 is 0 Å². The van der Waals surface area contributed by atoms with Crippen LogP contribution in [0.15, 0.2) is 18.2 Å². The lowest BCUT2D eigenvalue weighted by Gasteiger charge is -2.35. The quantitative estimate of drug-likeness (QED) is 0.909. The van der Waals surface area contributed by atoms with Crippen LogP contribution in [0.3, 0.4) is 0 Å². The van der Waals surface area contributed by atoms with Crippen LogP contribution in [0.4, 0.5) is 8.78 Å². The Balaban J connectivity index is 2.07. The second-order valence-electron chi connectivity index (χ2n) is 4.88. The molecule has 0 bridgehead atoms. The smallest absolute Gasteiger partial charge is 0.227 e. The van der Waals surface area contributed by atoms with Crippen molar-refractivity contribution in [2.45, 2.75) is 31.7 Å². The van der Waals surface area contributed by atoms with Crippen molar-refractivity contribution in [3.63, 3.8) is 0 Å². The standard InChI is InChI=1S/C14H18F2N2O/c15-11-5-4-10(13(16)8-11)7-14(19)18-6-2-1-3-12(18)9-17/h4-5,8,12H,1-3,6-7,9,17H2/t12-/m1/s1. The predicted molar refractivity (Wildman–Crippen MR) is 68.5 cm³/mol. The van der Waals surface area contributed by atoms with Crippen molar-refractivity contribution >= 4 is 5.91 Å². The van der Waals surface area contributed by atoms with Gasteiger partial charge in [-0.1, -0.05) is 6.07 Å². The van der Waals surface area contributed by atoms with Crippen molar-refractivity contribution in [2.24, 2.45) is 5.73 Å². The van der Waals surface area contributed by atoms with Gasteiger partial charge < -0.3 is 10.6 Å². The number of halogens is 2. The zero-order valence-electron chi connectivity index (χ0n) is 10.7. The van der Waals surface area contributed by atoms with Gasteiger partial charge in [-0.15, -0.1) is 0 Å². The normalized spacial score (nSPS) is 19.5. The number of benzene rings is 1. The molecule has 0 aliphatic carbocycles. The fourth-order valence-electron chi connectivity index (χ4n) is 2.50. The van der Waals surface area contributed by atoms with Gasteiger partial charge in [0.05, 0.1) is 6.42 Å². The Labute approximate surface area is 111 Å². The fourth-order valence-corrected chi connectivity index (χ4v) is 2.50. The summed E-state index contributed by atoms with van der Waals surface area (Å²) in [4.78, 5) is 13.9. The molecule has 2 N–H and O–H groups in total. The van der Waals surface area contributed by atoms with Crippen molar-refractivity contribution in [3.8, 4) is 0 Å². The number of carbonyl (C=O) groups is 1. The highest BCUT2D eigenvalue weighted by Gasteiger charge is 2.25. The van der Waals surface area contributed by atoms with Gasteiger partial charge in [0, 0.05) is 25.2 Å². The number of likely N-dealkylation sites (tertiary alicyclic amines) is 1. The molecule has 1 amide bonds. The van der Waals surface area contributed by atoms with E-state index in [4.69, 9.17) is 5.73 Å². The molecule has 0 spiro atoms. The summed E-state index contributed by atoms with van der Waals surface area (Å²) in [5.41, 5.74) is 5.89. The van der Waals surface area contributed by atoms with Gasteiger partial charge in [0.25, 0.3) is 0 Å². The van der Waals surface area contributed by atoms with E-state index in [9.17, 15) is 13.6 Å². The summed E-state index contributed by atoms with van der Waals surface area (Å²) in [5, 5.41) is 0. The van der Waals surface area contributed by atoms with Crippen molar-refractivity contribution < 1.29 is 13.6 Å². The van der Waals surface area contributed by atoms with Crippen LogP contribution < -0.4 is 5.73 Å². The maximum absolute atomic E-state index is 13.5. The Hall–Kier alpha value is -1.49. The molecule has 1 aromatic rings. The van der Waals surface area contributed by atoms with Crippen LogP contribution in [-0.2, 0) is 11.2 Å². The summed E-state index contributed by atoms with van der Waals surface area (Å²) >= 11 is 0. The van der Waals surface area contributed by atoms with Crippen LogP contribution in [0.1, 0.15) is 24.8 Å². The number of hydrogen-bond acceptors (Lipinski definition) is 2. The monoisotopic (exact) mass is 268 g/mol. The molecule has 1 aliphatic rings. The first-order valence-corrected chi connectivity index (χ1v) is 6.55. The highest BCUT2D eigenvalue weighted by atomic mass is 19.1. The molecule has 1 fully saturated rings. The Morgan fingerprint density at radius 1 is 1.37 bits per heavy atom. The number of nitrogens with two attached hydrogens (primary N) is 1. The Bertz CT molecular complexity index is 465. The van der Waals surface area contributed by atoms with Gasteiger partial charge in [0.2, 0.25) is 5.91 Å². The molecule has 1 heterocycles. The van der Waals surface area contributed by atoms with E-state index in [1.54, 1.807) is 4.90 Å². The van der Waals surface area contributed by atoms with Gasteiger partial charge in [0.1, 0.15) is 11.6 Å². The topological polar surface area (TPSA) is 46.3 Å². The zero-order valence-corrected chi connectivity index (χ0v) is 10.7. The minimum atomic E-state index is -0.672. The fraction of sp³-hybridized carbons (Fsp3) is 0.500. The van der Waals surface area contributed by atoms with E-state index in [-0.39, 0.29) is 23.9 Å². The summed E-state index contributed by atoms with van der Waals surface area (Å²) in [6.45, 7) is 1.10. The number of carbonyl (C=O) groups excluding carboxylic acids is 1. The summed E-state index contributed by atoms with van der Waals surface area (Å²) < 4.78 is 26.3. The lowest BCUT2D eigenvalue weighted by atomic mass is 10.0. The molecule has 0 saturated carbocycles. The molecule has 1 atom stereocenters. The van der Waals surface area contributed by atoms with Crippen molar-refractivity contribution in [3.05, 3.63) is 35.4 Å². The molecule has 104 valence electrons. The average molecular weight is 268 g/mol. The van der Waals surface area contributed by atoms with Gasteiger partial charge >= 0.3 is 0 Å². The summed E-state index contributed by atoms with van der Waals surface area (Å²) in [5.74, 6) is -1.44. The minimum absolute atomic E-state index is 0.0391. The highest BCUT2D eigenvalue weighted by molar-refractivity contribution is 5.79. The molecule has 0 radical (unpaired) electrons. The summed E-state index contributed by atoms with van der Waals surface area (Å²) in [6.07, 6.45) is 2.88. The van der Waals surface area contributed by atoms with E-state index in [0.717, 1.165) is 25.3 Å². The van der Waals surface area contributed by atoms with E-state index in [0.29, 0.717) is 13.1 Å². The number of rotatable bonds is 3. The minimum Gasteiger partial charge on any atom is -0.338 e. The lowest BCUT2D eigenvalue weighted by Crippen LogP contribution is -2.48. The summed E-state index contributed by atoms with van der Waals surface area (Å²) in [7, 11) is 0. The van der Waals surface area contributed by atoms with Gasteiger partial charge in [0.15, 0.2) is 0 Å². The number of nitrogens with zero attached hydrogens (tertiary/aromatic N) is 1. The third kappa shape index (κ3) is 3.29. The number of hydrogen-bond donors (Lipinski definition) is 1. The average Bonchev–Trinajstić information content (AvgIpc) is 2.41.